The van der Waals surface area contributed by atoms with Gasteiger partial charge in [0.15, 0.2) is 0 Å². The molecule has 0 radical (unpaired) electrons. The lowest BCUT2D eigenvalue weighted by Crippen LogP contribution is -1.48. The van der Waals surface area contributed by atoms with Gasteiger partial charge in [-0.25, -0.2) is 4.79 Å². The highest BCUT2D eigenvalue weighted by Gasteiger charge is 1.57. The van der Waals surface area contributed by atoms with Crippen molar-refractivity contribution in [2.45, 2.75) is 0 Å². The van der Waals surface area contributed by atoms with Gasteiger partial charge >= 0.3 is 0 Å². The summed E-state index contributed by atoms with van der Waals surface area (Å²) in [6.45, 7) is 3.45. The second-order valence-corrected chi connectivity index (χ2v) is 1.18. The molecule has 0 fully saturated rings. The lowest BCUT2D eigenvalue weighted by atomic mass is 10.5. The Morgan fingerprint density at radius 2 is 2.11 bits per heavy atom. The quantitative estimate of drug-likeness (QED) is 0.316. The number of isocyanates is 1. The van der Waals surface area contributed by atoms with Crippen LogP contribution in [0.5, 0.6) is 0 Å². The van der Waals surface area contributed by atoms with Crippen molar-refractivity contribution in [2.24, 2.45) is 4.99 Å². The SMILES string of the molecule is C=C/C=C\C=C\N=C=O. The molecule has 0 unspecified atom stereocenters. The predicted octanol–water partition coefficient (Wildman–Crippen LogP) is 1.58. The summed E-state index contributed by atoms with van der Waals surface area (Å²) < 4.78 is 0. The van der Waals surface area contributed by atoms with Crippen LogP contribution in [0.3, 0.4) is 0 Å². The molecule has 0 N–H and O–H groups in total. The number of allylic oxidation sites excluding steroid dienone is 4. The molecule has 2 nitrogen and oxygen atoms in total. The monoisotopic (exact) mass is 121 g/mol. The summed E-state index contributed by atoms with van der Waals surface area (Å²) in [5, 5.41) is 0. The fourth-order valence-electron chi connectivity index (χ4n) is 0.266. The van der Waals surface area contributed by atoms with Crippen molar-refractivity contribution in [3.63, 3.8) is 0 Å². The number of aliphatic imine (C=N–C) groups is 1. The average Bonchev–Trinajstić information content (AvgIpc) is 1.89. The summed E-state index contributed by atoms with van der Waals surface area (Å²) >= 11 is 0. The molecule has 0 aromatic heterocycles. The summed E-state index contributed by atoms with van der Waals surface area (Å²) in [7, 11) is 0. The molecule has 0 amide bonds. The molecule has 0 aliphatic heterocycles. The van der Waals surface area contributed by atoms with E-state index in [4.69, 9.17) is 0 Å². The molecule has 0 rings (SSSR count). The molecule has 2 heteroatoms. The van der Waals surface area contributed by atoms with Gasteiger partial charge in [-0.15, -0.1) is 0 Å². The fraction of sp³-hybridized carbons (Fsp3) is 0. The van der Waals surface area contributed by atoms with Crippen LogP contribution in [-0.4, -0.2) is 6.08 Å². The maximum Gasteiger partial charge on any atom is 0.239 e. The minimum atomic E-state index is 1.35. The van der Waals surface area contributed by atoms with Gasteiger partial charge in [0.05, 0.1) is 0 Å². The van der Waals surface area contributed by atoms with Crippen LogP contribution in [0.25, 0.3) is 0 Å². The zero-order valence-corrected chi connectivity index (χ0v) is 4.95. The normalized spacial score (nSPS) is 9.78. The Morgan fingerprint density at radius 1 is 1.33 bits per heavy atom. The smallest absolute Gasteiger partial charge is 0.211 e. The third kappa shape index (κ3) is 6.60. The number of rotatable bonds is 3. The lowest BCUT2D eigenvalue weighted by molar-refractivity contribution is 0.565. The van der Waals surface area contributed by atoms with E-state index in [-0.39, 0.29) is 0 Å². The van der Waals surface area contributed by atoms with Crippen molar-refractivity contribution >= 4 is 6.08 Å². The standard InChI is InChI=1S/C7H7NO/c1-2-3-4-5-6-8-7-9/h2-6H,1H2/b4-3-,6-5+. The van der Waals surface area contributed by atoms with Crippen molar-refractivity contribution in [1.82, 2.24) is 0 Å². The molecular weight excluding hydrogens is 114 g/mol. The van der Waals surface area contributed by atoms with Crippen molar-refractivity contribution < 1.29 is 4.79 Å². The summed E-state index contributed by atoms with van der Waals surface area (Å²) in [6, 6.07) is 0. The maximum atomic E-state index is 9.45. The van der Waals surface area contributed by atoms with Crippen molar-refractivity contribution in [3.8, 4) is 0 Å². The predicted molar refractivity (Wildman–Crippen MR) is 36.6 cm³/mol. The minimum Gasteiger partial charge on any atom is -0.211 e. The van der Waals surface area contributed by atoms with Gasteiger partial charge in [-0.3, -0.25) is 0 Å². The van der Waals surface area contributed by atoms with Crippen molar-refractivity contribution in [3.05, 3.63) is 37.1 Å². The van der Waals surface area contributed by atoms with E-state index in [1.165, 1.54) is 12.3 Å². The zero-order valence-electron chi connectivity index (χ0n) is 4.95. The van der Waals surface area contributed by atoms with Gasteiger partial charge in [-0.05, 0) is 6.08 Å². The van der Waals surface area contributed by atoms with Crippen LogP contribution < -0.4 is 0 Å². The Labute approximate surface area is 53.9 Å². The van der Waals surface area contributed by atoms with Gasteiger partial charge in [0, 0.05) is 6.20 Å². The van der Waals surface area contributed by atoms with E-state index in [1.54, 1.807) is 24.3 Å². The average molecular weight is 121 g/mol. The van der Waals surface area contributed by atoms with E-state index in [2.05, 4.69) is 11.6 Å². The molecule has 0 bridgehead atoms. The Kier molecular flexibility index (Phi) is 5.57. The first-order valence-electron chi connectivity index (χ1n) is 2.43. The van der Waals surface area contributed by atoms with E-state index in [0.29, 0.717) is 0 Å². The third-order valence-electron chi connectivity index (χ3n) is 0.572. The van der Waals surface area contributed by atoms with Gasteiger partial charge in [-0.1, -0.05) is 24.8 Å². The van der Waals surface area contributed by atoms with Gasteiger partial charge in [0.2, 0.25) is 6.08 Å². The van der Waals surface area contributed by atoms with Gasteiger partial charge in [0.1, 0.15) is 0 Å². The lowest BCUT2D eigenvalue weighted by Gasteiger charge is -1.66. The Hall–Kier alpha value is -1.40. The van der Waals surface area contributed by atoms with E-state index in [0.717, 1.165) is 0 Å². The van der Waals surface area contributed by atoms with Crippen LogP contribution in [-0.2, 0) is 4.79 Å². The van der Waals surface area contributed by atoms with Crippen LogP contribution >= 0.6 is 0 Å². The first-order valence-corrected chi connectivity index (χ1v) is 2.43. The Morgan fingerprint density at radius 3 is 2.67 bits per heavy atom. The second kappa shape index (κ2) is 6.60. The maximum absolute atomic E-state index is 9.45. The largest absolute Gasteiger partial charge is 0.239 e. The molecule has 9 heavy (non-hydrogen) atoms. The van der Waals surface area contributed by atoms with Crippen LogP contribution in [0.15, 0.2) is 42.1 Å². The van der Waals surface area contributed by atoms with Crippen LogP contribution in [0, 0.1) is 0 Å². The van der Waals surface area contributed by atoms with E-state index >= 15 is 0 Å². The Balaban J connectivity index is 3.58. The fourth-order valence-corrected chi connectivity index (χ4v) is 0.266. The first-order chi connectivity index (χ1) is 4.41. The number of carbonyl (C=O) groups excluding carboxylic acids is 1. The van der Waals surface area contributed by atoms with Gasteiger partial charge in [-0.2, -0.15) is 4.99 Å². The highest BCUT2D eigenvalue weighted by molar-refractivity contribution is 5.34. The molecule has 0 saturated carbocycles. The van der Waals surface area contributed by atoms with Crippen LogP contribution in [0.2, 0.25) is 0 Å². The third-order valence-corrected chi connectivity index (χ3v) is 0.572. The molecular formula is C7H7NO. The van der Waals surface area contributed by atoms with E-state index < -0.39 is 0 Å². The molecule has 0 heterocycles. The molecule has 0 saturated heterocycles. The summed E-state index contributed by atoms with van der Waals surface area (Å²) in [4.78, 5) is 12.6. The summed E-state index contributed by atoms with van der Waals surface area (Å²) in [5.41, 5.74) is 0. The summed E-state index contributed by atoms with van der Waals surface area (Å²) in [5.74, 6) is 0. The molecule has 0 aliphatic carbocycles. The first kappa shape index (κ1) is 7.60. The van der Waals surface area contributed by atoms with Crippen molar-refractivity contribution in [1.29, 1.82) is 0 Å². The molecule has 0 aliphatic rings. The minimum absolute atomic E-state index is 1.35. The molecule has 46 valence electrons. The molecule has 0 atom stereocenters. The second-order valence-electron chi connectivity index (χ2n) is 1.18. The van der Waals surface area contributed by atoms with Crippen LogP contribution in [0.1, 0.15) is 0 Å². The van der Waals surface area contributed by atoms with E-state index in [1.807, 2.05) is 0 Å². The topological polar surface area (TPSA) is 29.4 Å². The molecule has 0 aromatic carbocycles. The molecule has 0 spiro atoms. The summed E-state index contributed by atoms with van der Waals surface area (Å²) in [6.07, 6.45) is 9.43. The highest BCUT2D eigenvalue weighted by Crippen LogP contribution is 1.76. The van der Waals surface area contributed by atoms with Crippen molar-refractivity contribution in [2.75, 3.05) is 0 Å². The van der Waals surface area contributed by atoms with Crippen LogP contribution in [0.4, 0.5) is 0 Å². The highest BCUT2D eigenvalue weighted by atomic mass is 16.1. The Bertz CT molecular complexity index is 173. The van der Waals surface area contributed by atoms with Gasteiger partial charge < -0.3 is 0 Å². The number of hydrogen-bond donors (Lipinski definition) is 0. The number of hydrogen-bond acceptors (Lipinski definition) is 2. The zero-order chi connectivity index (χ0) is 6.95. The van der Waals surface area contributed by atoms with Gasteiger partial charge in [0.25, 0.3) is 0 Å². The van der Waals surface area contributed by atoms with E-state index in [9.17, 15) is 4.79 Å². The molecule has 0 aromatic rings. The number of nitrogens with zero attached hydrogens (tertiary/aromatic N) is 1.